The molecular weight excluding hydrogens is 927 g/mol. The molecule has 0 bridgehead atoms. The maximum Gasteiger partial charge on any atom is 0.260 e. The van der Waals surface area contributed by atoms with E-state index in [1.165, 1.54) is 4.90 Å². The Morgan fingerprint density at radius 1 is 0.889 bits per heavy atom. The molecule has 2 aliphatic heterocycles. The quantitative estimate of drug-likeness (QED) is 0.0576. The molecule has 4 N–H and O–H groups in total. The number of rotatable bonds is 19. The van der Waals surface area contributed by atoms with Crippen LogP contribution in [0.25, 0.3) is 10.4 Å². The molecule has 5 aromatic rings. The number of aromatic nitrogens is 3. The lowest BCUT2D eigenvalue weighted by molar-refractivity contribution is -0.146. The number of likely N-dealkylation sites (tertiary alicyclic amines) is 1. The lowest BCUT2D eigenvalue weighted by Gasteiger charge is -2.35. The Hall–Kier alpha value is -6.52. The van der Waals surface area contributed by atoms with Gasteiger partial charge in [-0.2, -0.15) is 4.98 Å². The fraction of sp³-hybridized carbons (Fsp3) is 0.464. The molecule has 1 saturated carbocycles. The minimum atomic E-state index is -0.833. The average molecular weight is 996 g/mol. The maximum atomic E-state index is 14.2. The second kappa shape index (κ2) is 22.9. The number of amides is 4. The van der Waals surface area contributed by atoms with Gasteiger partial charge >= 0.3 is 0 Å². The van der Waals surface area contributed by atoms with Crippen molar-refractivity contribution in [2.75, 3.05) is 35.3 Å². The van der Waals surface area contributed by atoms with Gasteiger partial charge in [-0.25, -0.2) is 9.97 Å². The first kappa shape index (κ1) is 51.8. The highest BCUT2D eigenvalue weighted by atomic mass is 32.1. The Morgan fingerprint density at radius 2 is 1.60 bits per heavy atom. The molecule has 8 rings (SSSR count). The van der Waals surface area contributed by atoms with Gasteiger partial charge in [0, 0.05) is 62.6 Å². The molecule has 1 saturated heterocycles. The van der Waals surface area contributed by atoms with Gasteiger partial charge in [0.15, 0.2) is 5.82 Å². The zero-order valence-electron chi connectivity index (χ0n) is 42.4. The molecule has 15 nitrogen and oxygen atoms in total. The molecule has 1 aliphatic carbocycles. The second-order valence-corrected chi connectivity index (χ2v) is 21.6. The summed E-state index contributed by atoms with van der Waals surface area (Å²) < 4.78 is 0. The zero-order chi connectivity index (χ0) is 51.1. The summed E-state index contributed by atoms with van der Waals surface area (Å²) in [6.45, 7) is 10.3. The first-order chi connectivity index (χ1) is 34.6. The number of nitrogens with one attached hydrogen (secondary N) is 3. The van der Waals surface area contributed by atoms with Crippen LogP contribution in [0.1, 0.15) is 143 Å². The lowest BCUT2D eigenvalue weighted by atomic mass is 9.76. The normalized spacial score (nSPS) is 17.8. The molecule has 380 valence electrons. The largest absolute Gasteiger partial charge is 0.391 e. The van der Waals surface area contributed by atoms with E-state index < -0.39 is 23.5 Å². The summed E-state index contributed by atoms with van der Waals surface area (Å²) in [7, 11) is 1.76. The van der Waals surface area contributed by atoms with Crippen LogP contribution in [0.15, 0.2) is 84.5 Å². The molecule has 16 heteroatoms. The van der Waals surface area contributed by atoms with Gasteiger partial charge in [0.25, 0.3) is 11.8 Å². The fourth-order valence-electron chi connectivity index (χ4n) is 10.3. The van der Waals surface area contributed by atoms with Crippen molar-refractivity contribution in [2.24, 2.45) is 11.3 Å². The number of hydrogen-bond acceptors (Lipinski definition) is 12. The number of carbonyl (C=O) groups excluding carboxylic acids is 5. The number of thiazole rings is 1. The highest BCUT2D eigenvalue weighted by molar-refractivity contribution is 7.13. The van der Waals surface area contributed by atoms with E-state index in [-0.39, 0.29) is 60.9 Å². The highest BCUT2D eigenvalue weighted by Gasteiger charge is 2.45. The molecule has 3 aromatic carbocycles. The van der Waals surface area contributed by atoms with Crippen molar-refractivity contribution < 1.29 is 29.1 Å². The summed E-state index contributed by atoms with van der Waals surface area (Å²) in [6.07, 6.45) is 9.87. The smallest absolute Gasteiger partial charge is 0.260 e. The number of Topliss-reactive ketones (excluding diaryl/α,β-unsaturated/α-hetero) is 1. The summed E-state index contributed by atoms with van der Waals surface area (Å²) in [4.78, 5) is 88.2. The van der Waals surface area contributed by atoms with Gasteiger partial charge in [-0.1, -0.05) is 89.3 Å². The number of para-hydroxylation sites is 1. The Labute approximate surface area is 427 Å². The van der Waals surface area contributed by atoms with Crippen LogP contribution in [0.4, 0.5) is 28.8 Å². The van der Waals surface area contributed by atoms with Gasteiger partial charge in [0.1, 0.15) is 17.5 Å². The van der Waals surface area contributed by atoms with E-state index in [4.69, 9.17) is 4.98 Å². The third-order valence-corrected chi connectivity index (χ3v) is 15.4. The summed E-state index contributed by atoms with van der Waals surface area (Å²) >= 11 is 1.58. The van der Waals surface area contributed by atoms with E-state index in [1.807, 2.05) is 101 Å². The predicted molar refractivity (Wildman–Crippen MR) is 283 cm³/mol. The molecule has 4 amide bonds. The van der Waals surface area contributed by atoms with Crippen molar-refractivity contribution in [3.8, 4) is 10.4 Å². The van der Waals surface area contributed by atoms with Gasteiger partial charge < -0.3 is 35.8 Å². The predicted octanol–water partition coefficient (Wildman–Crippen LogP) is 9.85. The number of ketones is 1. The molecule has 0 radical (unpaired) electrons. The molecule has 4 atom stereocenters. The van der Waals surface area contributed by atoms with Crippen molar-refractivity contribution >= 4 is 69.6 Å². The third kappa shape index (κ3) is 12.0. The molecule has 3 aliphatic rings. The Bertz CT molecular complexity index is 2730. The number of aryl methyl sites for hydroxylation is 1. The Kier molecular flexibility index (Phi) is 16.5. The van der Waals surface area contributed by atoms with E-state index >= 15 is 0 Å². The number of hydrogen-bond donors (Lipinski definition) is 4. The molecular formula is C56H69N9O6S. The van der Waals surface area contributed by atoms with E-state index in [2.05, 4.69) is 30.8 Å². The van der Waals surface area contributed by atoms with Gasteiger partial charge in [0.05, 0.1) is 45.7 Å². The van der Waals surface area contributed by atoms with Gasteiger partial charge in [0.2, 0.25) is 17.8 Å². The number of aliphatic hydroxyl groups excluding tert-OH is 1. The van der Waals surface area contributed by atoms with Gasteiger partial charge in [-0.05, 0) is 92.5 Å². The van der Waals surface area contributed by atoms with Gasteiger partial charge in [-0.15, -0.1) is 11.3 Å². The monoisotopic (exact) mass is 996 g/mol. The van der Waals surface area contributed by atoms with Crippen molar-refractivity contribution in [3.05, 3.63) is 107 Å². The lowest BCUT2D eigenvalue weighted by Crippen LogP contribution is -2.50. The molecule has 0 unspecified atom stereocenters. The SMILES string of the molecule is Cc1ncsc1-c1ccc([C@H](C)NC(=O)[C@@H]2C[C@@H](O)CN2C(=O)[C@@H](CC(=O)CCCCCCCNC(=O)c2ccc(Nc3ncc4c(n3)N(C3CCCC3)c3ccccc3C(=O)N4C)cc2)C(C)(C)C)cc1. The van der Waals surface area contributed by atoms with Crippen molar-refractivity contribution in [1.29, 1.82) is 0 Å². The number of anilines is 5. The highest BCUT2D eigenvalue weighted by Crippen LogP contribution is 2.44. The van der Waals surface area contributed by atoms with E-state index in [1.54, 1.807) is 41.6 Å². The minimum absolute atomic E-state index is 0.0105. The topological polar surface area (TPSA) is 190 Å². The maximum absolute atomic E-state index is 14.2. The summed E-state index contributed by atoms with van der Waals surface area (Å²) in [5.41, 5.74) is 7.65. The number of fused-ring (bicyclic) bond motifs is 2. The average Bonchev–Trinajstić information content (AvgIpc) is 4.15. The van der Waals surface area contributed by atoms with Crippen LogP contribution in [0.5, 0.6) is 0 Å². The van der Waals surface area contributed by atoms with Crippen molar-refractivity contribution in [2.45, 2.75) is 136 Å². The number of carbonyl (C=O) groups is 5. The molecule has 72 heavy (non-hydrogen) atoms. The standard InChI is InChI=1S/C56H69N9O6S/c1-35(37-21-23-38(24-22-37)49-36(2)59-34-72-49)60-52(69)47-31-43(67)33-64(47)54(71)45(56(3,4)5)30-42(66)18-10-8-7-9-15-29-57-51(68)39-25-27-40(28-26-39)61-55-58-32-48-50(62-55)65(41-16-11-12-17-41)46-20-14-13-19-44(46)53(70)63(48)6/h13-14,19-28,32,34-35,41,43,45,47,67H,7-12,15-18,29-31,33H2,1-6H3,(H,57,68)(H,60,69)(H,58,61,62)/t35-,43+,45+,47-/m0/s1. The Balaban J connectivity index is 0.755. The molecule has 0 spiro atoms. The van der Waals surface area contributed by atoms with E-state index in [9.17, 15) is 29.1 Å². The van der Waals surface area contributed by atoms with Crippen LogP contribution >= 0.6 is 11.3 Å². The summed E-state index contributed by atoms with van der Waals surface area (Å²) in [5, 5.41) is 20.1. The van der Waals surface area contributed by atoms with Gasteiger partial charge in [-0.3, -0.25) is 24.0 Å². The van der Waals surface area contributed by atoms with Crippen molar-refractivity contribution in [1.82, 2.24) is 30.5 Å². The van der Waals surface area contributed by atoms with Crippen LogP contribution in [0.3, 0.4) is 0 Å². The first-order valence-electron chi connectivity index (χ1n) is 25.6. The second-order valence-electron chi connectivity index (χ2n) is 20.7. The van der Waals surface area contributed by atoms with Crippen molar-refractivity contribution in [3.63, 3.8) is 0 Å². The summed E-state index contributed by atoms with van der Waals surface area (Å²) in [6, 6.07) is 22.0. The number of aliphatic hydroxyl groups is 1. The Morgan fingerprint density at radius 3 is 2.31 bits per heavy atom. The van der Waals surface area contributed by atoms with Crippen LogP contribution in [-0.2, 0) is 14.4 Å². The molecule has 2 aromatic heterocycles. The van der Waals surface area contributed by atoms with E-state index in [0.29, 0.717) is 48.0 Å². The first-order valence-corrected chi connectivity index (χ1v) is 26.4. The van der Waals surface area contributed by atoms with E-state index in [0.717, 1.165) is 84.4 Å². The van der Waals surface area contributed by atoms with Crippen LogP contribution in [0, 0.1) is 18.3 Å². The van der Waals surface area contributed by atoms with Crippen LogP contribution < -0.4 is 25.8 Å². The number of benzene rings is 3. The number of nitrogens with zero attached hydrogens (tertiary/aromatic N) is 6. The molecule has 2 fully saturated rings. The number of unbranched alkanes of at least 4 members (excludes halogenated alkanes) is 4. The number of β-amino-alcohol motifs (C(OH)–C–C–N with tert-alkyl or cyclic N) is 1. The summed E-state index contributed by atoms with van der Waals surface area (Å²) in [5.74, 6) is -0.408. The van der Waals surface area contributed by atoms with Crippen LogP contribution in [-0.4, -0.2) is 92.7 Å². The fourth-order valence-corrected chi connectivity index (χ4v) is 11.1. The third-order valence-electron chi connectivity index (χ3n) is 14.5. The minimum Gasteiger partial charge on any atom is -0.391 e. The zero-order valence-corrected chi connectivity index (χ0v) is 43.3. The van der Waals surface area contributed by atoms with Crippen LogP contribution in [0.2, 0.25) is 0 Å². The molecule has 4 heterocycles.